The minimum Gasteiger partial charge on any atom is -0.505 e. The van der Waals surface area contributed by atoms with Gasteiger partial charge < -0.3 is 10.2 Å². The predicted molar refractivity (Wildman–Crippen MR) is 55.8 cm³/mol. The maximum absolute atomic E-state index is 13.6. The summed E-state index contributed by atoms with van der Waals surface area (Å²) in [5.74, 6) is -2.78. The molecule has 0 aromatic heterocycles. The SMILES string of the molecule is O=C(O)C(CC1CC1)c1cccc(O)c1F. The number of phenolic OH excluding ortho intramolecular Hbond substituents is 1. The van der Waals surface area contributed by atoms with Crippen molar-refractivity contribution in [1.82, 2.24) is 0 Å². The van der Waals surface area contributed by atoms with E-state index in [9.17, 15) is 14.3 Å². The van der Waals surface area contributed by atoms with Crippen LogP contribution in [0.1, 0.15) is 30.7 Å². The third-order valence-corrected chi connectivity index (χ3v) is 2.95. The van der Waals surface area contributed by atoms with E-state index in [4.69, 9.17) is 5.11 Å². The first-order chi connectivity index (χ1) is 7.59. The van der Waals surface area contributed by atoms with Crippen LogP contribution in [0.2, 0.25) is 0 Å². The maximum atomic E-state index is 13.6. The van der Waals surface area contributed by atoms with E-state index in [1.54, 1.807) is 0 Å². The van der Waals surface area contributed by atoms with E-state index in [0.29, 0.717) is 12.3 Å². The van der Waals surface area contributed by atoms with Gasteiger partial charge >= 0.3 is 5.97 Å². The molecule has 1 aliphatic rings. The monoisotopic (exact) mass is 224 g/mol. The van der Waals surface area contributed by atoms with Crippen molar-refractivity contribution >= 4 is 5.97 Å². The topological polar surface area (TPSA) is 57.5 Å². The fraction of sp³-hybridized carbons (Fsp3) is 0.417. The first-order valence-electron chi connectivity index (χ1n) is 5.29. The van der Waals surface area contributed by atoms with Crippen molar-refractivity contribution in [1.29, 1.82) is 0 Å². The molecular weight excluding hydrogens is 211 g/mol. The lowest BCUT2D eigenvalue weighted by atomic mass is 9.93. The zero-order valence-corrected chi connectivity index (χ0v) is 8.69. The van der Waals surface area contributed by atoms with Gasteiger partial charge in [-0.1, -0.05) is 25.0 Å². The van der Waals surface area contributed by atoms with Gasteiger partial charge in [-0.2, -0.15) is 0 Å². The van der Waals surface area contributed by atoms with E-state index >= 15 is 0 Å². The highest BCUT2D eigenvalue weighted by molar-refractivity contribution is 5.76. The maximum Gasteiger partial charge on any atom is 0.311 e. The quantitative estimate of drug-likeness (QED) is 0.826. The molecule has 1 saturated carbocycles. The molecule has 0 aliphatic heterocycles. The van der Waals surface area contributed by atoms with Gasteiger partial charge in [0.15, 0.2) is 11.6 Å². The number of hydrogen-bond donors (Lipinski definition) is 2. The van der Waals surface area contributed by atoms with Crippen LogP contribution in [0.25, 0.3) is 0 Å². The van der Waals surface area contributed by atoms with Crippen molar-refractivity contribution in [3.05, 3.63) is 29.6 Å². The standard InChI is InChI=1S/C12H13FO3/c13-11-8(2-1-3-10(11)14)9(12(15)16)6-7-4-5-7/h1-3,7,9,14H,4-6H2,(H,15,16). The number of carbonyl (C=O) groups is 1. The summed E-state index contributed by atoms with van der Waals surface area (Å²) >= 11 is 0. The van der Waals surface area contributed by atoms with E-state index in [0.717, 1.165) is 12.8 Å². The Hall–Kier alpha value is -1.58. The Morgan fingerprint density at radius 2 is 2.19 bits per heavy atom. The number of aliphatic carboxylic acids is 1. The van der Waals surface area contributed by atoms with Crippen LogP contribution in [-0.4, -0.2) is 16.2 Å². The molecule has 1 unspecified atom stereocenters. The highest BCUT2D eigenvalue weighted by Gasteiger charge is 2.32. The molecule has 1 fully saturated rings. The van der Waals surface area contributed by atoms with Gasteiger partial charge in [-0.3, -0.25) is 4.79 Å². The fourth-order valence-corrected chi connectivity index (χ4v) is 1.85. The molecule has 1 aromatic rings. The minimum atomic E-state index is -1.03. The van der Waals surface area contributed by atoms with Crippen LogP contribution in [0.3, 0.4) is 0 Å². The second kappa shape index (κ2) is 4.12. The molecule has 16 heavy (non-hydrogen) atoms. The van der Waals surface area contributed by atoms with Gasteiger partial charge in [-0.05, 0) is 18.4 Å². The molecule has 2 rings (SSSR count). The van der Waals surface area contributed by atoms with Gasteiger partial charge in [-0.25, -0.2) is 4.39 Å². The Labute approximate surface area is 92.5 Å². The summed E-state index contributed by atoms with van der Waals surface area (Å²) in [6.45, 7) is 0. The summed E-state index contributed by atoms with van der Waals surface area (Å²) in [7, 11) is 0. The molecule has 0 heterocycles. The molecule has 0 bridgehead atoms. The number of benzene rings is 1. The zero-order valence-electron chi connectivity index (χ0n) is 8.69. The molecule has 0 amide bonds. The van der Waals surface area contributed by atoms with Crippen LogP contribution < -0.4 is 0 Å². The van der Waals surface area contributed by atoms with E-state index < -0.39 is 23.5 Å². The molecule has 1 atom stereocenters. The van der Waals surface area contributed by atoms with Crippen molar-refractivity contribution < 1.29 is 19.4 Å². The Balaban J connectivity index is 2.29. The summed E-state index contributed by atoms with van der Waals surface area (Å²) in [6.07, 6.45) is 2.49. The van der Waals surface area contributed by atoms with Gasteiger partial charge in [0.25, 0.3) is 0 Å². The number of halogens is 1. The first kappa shape index (κ1) is 10.9. The Bertz CT molecular complexity index is 413. The van der Waals surface area contributed by atoms with E-state index in [1.807, 2.05) is 0 Å². The number of hydrogen-bond acceptors (Lipinski definition) is 2. The number of carboxylic acids is 1. The second-order valence-electron chi connectivity index (χ2n) is 4.25. The lowest BCUT2D eigenvalue weighted by Gasteiger charge is -2.13. The lowest BCUT2D eigenvalue weighted by molar-refractivity contribution is -0.139. The molecule has 0 spiro atoms. The predicted octanol–water partition coefficient (Wildman–Crippen LogP) is 2.50. The summed E-state index contributed by atoms with van der Waals surface area (Å²) in [5.41, 5.74) is 0.0828. The molecule has 86 valence electrons. The Morgan fingerprint density at radius 3 is 2.75 bits per heavy atom. The molecule has 2 N–H and O–H groups in total. The lowest BCUT2D eigenvalue weighted by Crippen LogP contribution is -2.14. The van der Waals surface area contributed by atoms with Gasteiger partial charge in [0.2, 0.25) is 0 Å². The molecular formula is C12H13FO3. The van der Waals surface area contributed by atoms with E-state index in [-0.39, 0.29) is 5.56 Å². The second-order valence-corrected chi connectivity index (χ2v) is 4.25. The smallest absolute Gasteiger partial charge is 0.311 e. The Morgan fingerprint density at radius 1 is 1.50 bits per heavy atom. The molecule has 0 saturated heterocycles. The minimum absolute atomic E-state index is 0.0828. The highest BCUT2D eigenvalue weighted by atomic mass is 19.1. The highest BCUT2D eigenvalue weighted by Crippen LogP contribution is 2.40. The van der Waals surface area contributed by atoms with Gasteiger partial charge in [-0.15, -0.1) is 0 Å². The number of aromatic hydroxyl groups is 1. The van der Waals surface area contributed by atoms with Crippen molar-refractivity contribution in [3.8, 4) is 5.75 Å². The average Bonchev–Trinajstić information content (AvgIpc) is 3.03. The van der Waals surface area contributed by atoms with Crippen LogP contribution in [0.15, 0.2) is 18.2 Å². The van der Waals surface area contributed by atoms with Crippen molar-refractivity contribution in [3.63, 3.8) is 0 Å². The van der Waals surface area contributed by atoms with Gasteiger partial charge in [0.1, 0.15) is 0 Å². The number of carboxylic acid groups (broad SMARTS) is 1. The van der Waals surface area contributed by atoms with Crippen LogP contribution >= 0.6 is 0 Å². The number of phenols is 1. The van der Waals surface area contributed by atoms with Crippen molar-refractivity contribution in [2.45, 2.75) is 25.2 Å². The fourth-order valence-electron chi connectivity index (χ4n) is 1.85. The average molecular weight is 224 g/mol. The van der Waals surface area contributed by atoms with Gasteiger partial charge in [0.05, 0.1) is 5.92 Å². The van der Waals surface area contributed by atoms with Gasteiger partial charge in [0, 0.05) is 5.56 Å². The summed E-state index contributed by atoms with van der Waals surface area (Å²) in [6, 6.07) is 4.11. The molecule has 0 radical (unpaired) electrons. The molecule has 3 nitrogen and oxygen atoms in total. The molecule has 4 heteroatoms. The van der Waals surface area contributed by atoms with Crippen LogP contribution in [0.5, 0.6) is 5.75 Å². The zero-order chi connectivity index (χ0) is 11.7. The summed E-state index contributed by atoms with van der Waals surface area (Å²) < 4.78 is 13.6. The van der Waals surface area contributed by atoms with Crippen molar-refractivity contribution in [2.24, 2.45) is 5.92 Å². The normalized spacial score (nSPS) is 17.1. The summed E-state index contributed by atoms with van der Waals surface area (Å²) in [5, 5.41) is 18.3. The largest absolute Gasteiger partial charge is 0.505 e. The van der Waals surface area contributed by atoms with Crippen LogP contribution in [0.4, 0.5) is 4.39 Å². The molecule has 1 aliphatic carbocycles. The third kappa shape index (κ3) is 2.15. The summed E-state index contributed by atoms with van der Waals surface area (Å²) in [4.78, 5) is 11.1. The Kier molecular flexibility index (Phi) is 2.81. The number of rotatable bonds is 4. The van der Waals surface area contributed by atoms with E-state index in [1.165, 1.54) is 18.2 Å². The van der Waals surface area contributed by atoms with Crippen molar-refractivity contribution in [2.75, 3.05) is 0 Å². The first-order valence-corrected chi connectivity index (χ1v) is 5.29. The van der Waals surface area contributed by atoms with Crippen LogP contribution in [0, 0.1) is 11.7 Å². The molecule has 1 aromatic carbocycles. The van der Waals surface area contributed by atoms with E-state index in [2.05, 4.69) is 0 Å². The third-order valence-electron chi connectivity index (χ3n) is 2.95. The van der Waals surface area contributed by atoms with Crippen LogP contribution in [-0.2, 0) is 4.79 Å².